The lowest BCUT2D eigenvalue weighted by Gasteiger charge is -2.15. The average molecular weight is 315 g/mol. The molecule has 0 spiro atoms. The van der Waals surface area contributed by atoms with E-state index in [1.165, 1.54) is 5.56 Å². The molecule has 1 rings (SSSR count). The van der Waals surface area contributed by atoms with Crippen LogP contribution in [0.15, 0.2) is 18.2 Å². The molecule has 1 atom stereocenters. The molecular weight excluding hydrogens is 292 g/mol. The molecule has 0 aliphatic heterocycles. The van der Waals surface area contributed by atoms with Crippen molar-refractivity contribution >= 4 is 15.9 Å². The second-order valence-corrected chi connectivity index (χ2v) is 5.14. The Kier molecular flexibility index (Phi) is 7.18. The van der Waals surface area contributed by atoms with Crippen LogP contribution in [-0.2, 0) is 5.33 Å². The fraction of sp³-hybridized carbons (Fsp3) is 0.600. The summed E-state index contributed by atoms with van der Waals surface area (Å²) >= 11 is 3.49. The fourth-order valence-electron chi connectivity index (χ4n) is 1.44. The van der Waals surface area contributed by atoms with Crippen LogP contribution in [0.5, 0.6) is 11.5 Å². The van der Waals surface area contributed by atoms with Gasteiger partial charge < -0.3 is 9.47 Å². The average Bonchev–Trinajstić information content (AvgIpc) is 2.42. The Labute approximate surface area is 119 Å². The quantitative estimate of drug-likeness (QED) is 0.642. The van der Waals surface area contributed by atoms with Crippen molar-refractivity contribution in [1.29, 1.82) is 0 Å². The zero-order valence-electron chi connectivity index (χ0n) is 11.5. The minimum Gasteiger partial charge on any atom is -0.493 e. The van der Waals surface area contributed by atoms with Crippen molar-refractivity contribution in [1.82, 2.24) is 0 Å². The Morgan fingerprint density at radius 1 is 1.22 bits per heavy atom. The molecule has 0 aromatic heterocycles. The summed E-state index contributed by atoms with van der Waals surface area (Å²) in [6.07, 6.45) is 2.15. The van der Waals surface area contributed by atoms with Gasteiger partial charge in [0.25, 0.3) is 0 Å². The summed E-state index contributed by atoms with van der Waals surface area (Å²) in [5.41, 5.74) is 1.17. The van der Waals surface area contributed by atoms with Crippen molar-refractivity contribution in [3.63, 3.8) is 0 Å². The first-order chi connectivity index (χ1) is 8.71. The summed E-state index contributed by atoms with van der Waals surface area (Å²) in [5, 5.41) is 0.802. The van der Waals surface area contributed by atoms with Gasteiger partial charge in [0.1, 0.15) is 11.5 Å². The second kappa shape index (κ2) is 8.41. The molecule has 0 amide bonds. The molecule has 0 saturated carbocycles. The van der Waals surface area contributed by atoms with Gasteiger partial charge in [-0.3, -0.25) is 0 Å². The lowest BCUT2D eigenvalue weighted by atomic mass is 10.1. The van der Waals surface area contributed by atoms with Gasteiger partial charge in [-0.05, 0) is 18.4 Å². The third-order valence-corrected chi connectivity index (χ3v) is 3.48. The molecule has 0 N–H and O–H groups in total. The first-order valence-corrected chi connectivity index (χ1v) is 7.77. The lowest BCUT2D eigenvalue weighted by molar-refractivity contribution is 0.252. The van der Waals surface area contributed by atoms with Crippen molar-refractivity contribution in [2.45, 2.75) is 38.9 Å². The minimum atomic E-state index is 0.577. The standard InChI is InChI=1S/C15H23BrO2/c1-4-8-17-14-7-6-13(10-16)15(9-14)18-11-12(3)5-2/h6-7,9,12H,4-5,8,10-11H2,1-3H3. The summed E-state index contributed by atoms with van der Waals surface area (Å²) < 4.78 is 11.5. The smallest absolute Gasteiger partial charge is 0.127 e. The molecule has 0 radical (unpaired) electrons. The van der Waals surface area contributed by atoms with Gasteiger partial charge in [0.15, 0.2) is 0 Å². The maximum Gasteiger partial charge on any atom is 0.127 e. The summed E-state index contributed by atoms with van der Waals surface area (Å²) in [4.78, 5) is 0. The Bertz CT molecular complexity index is 352. The summed E-state index contributed by atoms with van der Waals surface area (Å²) in [6.45, 7) is 7.99. The molecule has 1 aromatic rings. The van der Waals surface area contributed by atoms with Gasteiger partial charge in [0, 0.05) is 17.0 Å². The van der Waals surface area contributed by atoms with E-state index in [0.29, 0.717) is 5.92 Å². The molecule has 1 aromatic carbocycles. The fourth-order valence-corrected chi connectivity index (χ4v) is 1.90. The van der Waals surface area contributed by atoms with Gasteiger partial charge in [-0.1, -0.05) is 49.2 Å². The van der Waals surface area contributed by atoms with Crippen LogP contribution in [-0.4, -0.2) is 13.2 Å². The molecule has 2 nitrogen and oxygen atoms in total. The highest BCUT2D eigenvalue weighted by molar-refractivity contribution is 9.08. The Morgan fingerprint density at radius 3 is 2.61 bits per heavy atom. The van der Waals surface area contributed by atoms with E-state index in [4.69, 9.17) is 9.47 Å². The first-order valence-electron chi connectivity index (χ1n) is 6.65. The SMILES string of the molecule is CCCOc1ccc(CBr)c(OCC(C)CC)c1. The third-order valence-electron chi connectivity index (χ3n) is 2.88. The van der Waals surface area contributed by atoms with Crippen LogP contribution in [0.4, 0.5) is 0 Å². The van der Waals surface area contributed by atoms with Gasteiger partial charge in [0.2, 0.25) is 0 Å². The van der Waals surface area contributed by atoms with Crippen LogP contribution in [0.3, 0.4) is 0 Å². The van der Waals surface area contributed by atoms with Gasteiger partial charge in [-0.25, -0.2) is 0 Å². The molecule has 18 heavy (non-hydrogen) atoms. The van der Waals surface area contributed by atoms with E-state index < -0.39 is 0 Å². The molecular formula is C15H23BrO2. The highest BCUT2D eigenvalue weighted by Gasteiger charge is 2.07. The van der Waals surface area contributed by atoms with E-state index in [9.17, 15) is 0 Å². The molecule has 0 heterocycles. The van der Waals surface area contributed by atoms with Crippen molar-refractivity contribution < 1.29 is 9.47 Å². The monoisotopic (exact) mass is 314 g/mol. The second-order valence-electron chi connectivity index (χ2n) is 4.58. The van der Waals surface area contributed by atoms with Crippen molar-refractivity contribution in [3.8, 4) is 11.5 Å². The van der Waals surface area contributed by atoms with E-state index in [2.05, 4.69) is 42.8 Å². The molecule has 3 heteroatoms. The molecule has 1 unspecified atom stereocenters. The van der Waals surface area contributed by atoms with Crippen LogP contribution in [0, 0.1) is 5.92 Å². The topological polar surface area (TPSA) is 18.5 Å². The van der Waals surface area contributed by atoms with E-state index in [1.807, 2.05) is 12.1 Å². The van der Waals surface area contributed by atoms with Crippen molar-refractivity contribution in [2.24, 2.45) is 5.92 Å². The highest BCUT2D eigenvalue weighted by Crippen LogP contribution is 2.27. The number of hydrogen-bond donors (Lipinski definition) is 0. The molecule has 0 saturated heterocycles. The molecule has 0 aliphatic rings. The lowest BCUT2D eigenvalue weighted by Crippen LogP contribution is -2.08. The third kappa shape index (κ3) is 4.89. The molecule has 0 bridgehead atoms. The summed E-state index contributed by atoms with van der Waals surface area (Å²) in [6, 6.07) is 6.06. The normalized spacial score (nSPS) is 12.2. The van der Waals surface area contributed by atoms with Gasteiger partial charge in [0.05, 0.1) is 13.2 Å². The first kappa shape index (κ1) is 15.4. The number of rotatable bonds is 8. The van der Waals surface area contributed by atoms with E-state index in [-0.39, 0.29) is 0 Å². The summed E-state index contributed by atoms with van der Waals surface area (Å²) in [5.74, 6) is 2.40. The number of benzene rings is 1. The van der Waals surface area contributed by atoms with Gasteiger partial charge >= 0.3 is 0 Å². The van der Waals surface area contributed by atoms with Crippen LogP contribution >= 0.6 is 15.9 Å². The number of alkyl halides is 1. The maximum atomic E-state index is 5.89. The van der Waals surface area contributed by atoms with Crippen molar-refractivity contribution in [2.75, 3.05) is 13.2 Å². The number of hydrogen-bond acceptors (Lipinski definition) is 2. The van der Waals surface area contributed by atoms with Crippen molar-refractivity contribution in [3.05, 3.63) is 23.8 Å². The largest absolute Gasteiger partial charge is 0.493 e. The number of ether oxygens (including phenoxy) is 2. The van der Waals surface area contributed by atoms with E-state index in [1.54, 1.807) is 0 Å². The van der Waals surface area contributed by atoms with Crippen LogP contribution in [0.2, 0.25) is 0 Å². The predicted octanol–water partition coefficient (Wildman–Crippen LogP) is 4.80. The molecule has 0 fully saturated rings. The van der Waals surface area contributed by atoms with Crippen LogP contribution < -0.4 is 9.47 Å². The maximum absolute atomic E-state index is 5.89. The number of halogens is 1. The Morgan fingerprint density at radius 2 is 2.00 bits per heavy atom. The van der Waals surface area contributed by atoms with Crippen LogP contribution in [0.1, 0.15) is 39.2 Å². The van der Waals surface area contributed by atoms with E-state index in [0.717, 1.165) is 42.9 Å². The summed E-state index contributed by atoms with van der Waals surface area (Å²) in [7, 11) is 0. The highest BCUT2D eigenvalue weighted by atomic mass is 79.9. The Balaban J connectivity index is 2.71. The van der Waals surface area contributed by atoms with E-state index >= 15 is 0 Å². The Hall–Kier alpha value is -0.700. The molecule has 0 aliphatic carbocycles. The zero-order chi connectivity index (χ0) is 13.4. The van der Waals surface area contributed by atoms with Gasteiger partial charge in [-0.2, -0.15) is 0 Å². The molecule has 102 valence electrons. The minimum absolute atomic E-state index is 0.577. The van der Waals surface area contributed by atoms with Gasteiger partial charge in [-0.15, -0.1) is 0 Å². The predicted molar refractivity (Wildman–Crippen MR) is 79.8 cm³/mol. The van der Waals surface area contributed by atoms with Crippen LogP contribution in [0.25, 0.3) is 0 Å². The zero-order valence-corrected chi connectivity index (χ0v) is 13.1.